The summed E-state index contributed by atoms with van der Waals surface area (Å²) >= 11 is 0. The zero-order valence-corrected chi connectivity index (χ0v) is 9.78. The van der Waals surface area contributed by atoms with Crippen molar-refractivity contribution in [1.82, 2.24) is 4.98 Å². The van der Waals surface area contributed by atoms with E-state index in [1.165, 1.54) is 0 Å². The molecule has 0 saturated heterocycles. The summed E-state index contributed by atoms with van der Waals surface area (Å²) in [7, 11) is 0. The first-order chi connectivity index (χ1) is 8.92. The van der Waals surface area contributed by atoms with Gasteiger partial charge in [0.25, 0.3) is 6.02 Å². The molecule has 0 bridgehead atoms. The number of ether oxygens (including phenoxy) is 1. The third-order valence-electron chi connectivity index (χ3n) is 2.76. The van der Waals surface area contributed by atoms with Crippen molar-refractivity contribution in [3.8, 4) is 0 Å². The molecule has 0 spiro atoms. The molecular weight excluding hydrogens is 226 g/mol. The van der Waals surface area contributed by atoms with Crippen LogP contribution in [0.5, 0.6) is 0 Å². The number of pyridine rings is 1. The standard InChI is InChI=1S/C14H13N3O/c1-2-4-12(5-3-1)17-14-16-10-13(18-14)11-6-8-15-9-7-11/h1-9,13H,10H2,(H,16,17). The van der Waals surface area contributed by atoms with Gasteiger partial charge in [-0.2, -0.15) is 0 Å². The zero-order valence-electron chi connectivity index (χ0n) is 9.78. The second-order valence-electron chi connectivity index (χ2n) is 4.02. The number of aromatic nitrogens is 1. The maximum Gasteiger partial charge on any atom is 0.290 e. The van der Waals surface area contributed by atoms with Crippen LogP contribution >= 0.6 is 0 Å². The van der Waals surface area contributed by atoms with E-state index in [2.05, 4.69) is 15.3 Å². The molecule has 0 amide bonds. The summed E-state index contributed by atoms with van der Waals surface area (Å²) in [5.41, 5.74) is 2.07. The Morgan fingerprint density at radius 1 is 1.06 bits per heavy atom. The fraction of sp³-hybridized carbons (Fsp3) is 0.143. The predicted molar refractivity (Wildman–Crippen MR) is 70.4 cm³/mol. The summed E-state index contributed by atoms with van der Waals surface area (Å²) in [6.07, 6.45) is 3.52. The SMILES string of the molecule is c1ccc(NC2=NCC(c3ccncc3)O2)cc1. The predicted octanol–water partition coefficient (Wildman–Crippen LogP) is 2.62. The number of hydrogen-bond acceptors (Lipinski definition) is 4. The van der Waals surface area contributed by atoms with E-state index in [0.717, 1.165) is 11.3 Å². The average Bonchev–Trinajstić information content (AvgIpc) is 2.89. The van der Waals surface area contributed by atoms with Crippen molar-refractivity contribution < 1.29 is 4.74 Å². The van der Waals surface area contributed by atoms with E-state index in [9.17, 15) is 0 Å². The van der Waals surface area contributed by atoms with Gasteiger partial charge in [-0.3, -0.25) is 4.98 Å². The van der Waals surface area contributed by atoms with Gasteiger partial charge >= 0.3 is 0 Å². The van der Waals surface area contributed by atoms with Crippen molar-refractivity contribution in [3.05, 3.63) is 60.4 Å². The van der Waals surface area contributed by atoms with Crippen LogP contribution in [0.2, 0.25) is 0 Å². The fourth-order valence-electron chi connectivity index (χ4n) is 1.84. The van der Waals surface area contributed by atoms with Gasteiger partial charge in [0.05, 0.1) is 6.54 Å². The molecule has 1 aliphatic heterocycles. The molecule has 0 aliphatic carbocycles. The largest absolute Gasteiger partial charge is 0.455 e. The van der Waals surface area contributed by atoms with Gasteiger partial charge in [-0.05, 0) is 29.8 Å². The van der Waals surface area contributed by atoms with Crippen LogP contribution in [0.15, 0.2) is 59.9 Å². The van der Waals surface area contributed by atoms with E-state index in [4.69, 9.17) is 4.74 Å². The van der Waals surface area contributed by atoms with Gasteiger partial charge in [-0.25, -0.2) is 4.99 Å². The lowest BCUT2D eigenvalue weighted by Crippen LogP contribution is -2.13. The highest BCUT2D eigenvalue weighted by Gasteiger charge is 2.21. The minimum atomic E-state index is -0.0146. The second kappa shape index (κ2) is 4.87. The van der Waals surface area contributed by atoms with Gasteiger partial charge < -0.3 is 10.1 Å². The van der Waals surface area contributed by atoms with Crippen LogP contribution in [0.1, 0.15) is 11.7 Å². The molecule has 0 saturated carbocycles. The minimum Gasteiger partial charge on any atom is -0.455 e. The molecular formula is C14H13N3O. The molecule has 90 valence electrons. The van der Waals surface area contributed by atoms with E-state index < -0.39 is 0 Å². The first kappa shape index (κ1) is 10.8. The Morgan fingerprint density at radius 3 is 2.61 bits per heavy atom. The molecule has 2 aromatic rings. The molecule has 3 rings (SSSR count). The van der Waals surface area contributed by atoms with Gasteiger partial charge in [-0.15, -0.1) is 0 Å². The van der Waals surface area contributed by atoms with Crippen molar-refractivity contribution >= 4 is 11.7 Å². The maximum atomic E-state index is 5.76. The number of nitrogens with one attached hydrogen (secondary N) is 1. The van der Waals surface area contributed by atoms with Gasteiger partial charge in [0.15, 0.2) is 0 Å². The minimum absolute atomic E-state index is 0.0146. The summed E-state index contributed by atoms with van der Waals surface area (Å²) in [5, 5.41) is 3.15. The highest BCUT2D eigenvalue weighted by molar-refractivity contribution is 5.90. The molecule has 1 aromatic heterocycles. The highest BCUT2D eigenvalue weighted by Crippen LogP contribution is 2.22. The molecule has 1 N–H and O–H groups in total. The lowest BCUT2D eigenvalue weighted by atomic mass is 10.1. The molecule has 1 unspecified atom stereocenters. The van der Waals surface area contributed by atoms with E-state index in [1.54, 1.807) is 12.4 Å². The topological polar surface area (TPSA) is 46.5 Å². The van der Waals surface area contributed by atoms with Gasteiger partial charge in [0.1, 0.15) is 6.10 Å². The first-order valence-corrected chi connectivity index (χ1v) is 5.85. The molecule has 4 nitrogen and oxygen atoms in total. The van der Waals surface area contributed by atoms with Crippen LogP contribution < -0.4 is 5.32 Å². The van der Waals surface area contributed by atoms with E-state index >= 15 is 0 Å². The number of aliphatic imine (C=N–C) groups is 1. The Balaban J connectivity index is 1.65. The van der Waals surface area contributed by atoms with Gasteiger partial charge in [0, 0.05) is 18.1 Å². The molecule has 4 heteroatoms. The summed E-state index contributed by atoms with van der Waals surface area (Å²) in [6, 6.07) is 14.3. The monoisotopic (exact) mass is 239 g/mol. The Hall–Kier alpha value is -2.36. The molecule has 2 heterocycles. The maximum absolute atomic E-state index is 5.76. The number of nitrogens with zero attached hydrogens (tertiary/aromatic N) is 2. The number of anilines is 1. The Kier molecular flexibility index (Phi) is 2.92. The van der Waals surface area contributed by atoms with Gasteiger partial charge in [0.2, 0.25) is 0 Å². The molecule has 1 aliphatic rings. The average molecular weight is 239 g/mol. The van der Waals surface area contributed by atoms with Crippen molar-refractivity contribution in [1.29, 1.82) is 0 Å². The van der Waals surface area contributed by atoms with Crippen LogP contribution in [-0.2, 0) is 4.74 Å². The summed E-state index contributed by atoms with van der Waals surface area (Å²) < 4.78 is 5.76. The van der Waals surface area contributed by atoms with Crippen LogP contribution in [0, 0.1) is 0 Å². The Morgan fingerprint density at radius 2 is 1.83 bits per heavy atom. The second-order valence-corrected chi connectivity index (χ2v) is 4.02. The quantitative estimate of drug-likeness (QED) is 0.876. The molecule has 1 atom stereocenters. The third-order valence-corrected chi connectivity index (χ3v) is 2.76. The number of hydrogen-bond donors (Lipinski definition) is 1. The van der Waals surface area contributed by atoms with E-state index in [0.29, 0.717) is 12.6 Å². The summed E-state index contributed by atoms with van der Waals surface area (Å²) in [6.45, 7) is 0.638. The number of amidine groups is 1. The van der Waals surface area contributed by atoms with E-state index in [-0.39, 0.29) is 6.10 Å². The number of benzene rings is 1. The van der Waals surface area contributed by atoms with Crippen molar-refractivity contribution in [3.63, 3.8) is 0 Å². The van der Waals surface area contributed by atoms with Crippen molar-refractivity contribution in [2.75, 3.05) is 11.9 Å². The lowest BCUT2D eigenvalue weighted by molar-refractivity contribution is 0.229. The molecule has 18 heavy (non-hydrogen) atoms. The zero-order chi connectivity index (χ0) is 12.2. The van der Waals surface area contributed by atoms with Gasteiger partial charge in [-0.1, -0.05) is 18.2 Å². The summed E-state index contributed by atoms with van der Waals surface area (Å²) in [4.78, 5) is 8.35. The lowest BCUT2D eigenvalue weighted by Gasteiger charge is -2.11. The smallest absolute Gasteiger partial charge is 0.290 e. The van der Waals surface area contributed by atoms with Crippen LogP contribution in [0.3, 0.4) is 0 Å². The molecule has 1 aromatic carbocycles. The third kappa shape index (κ3) is 2.32. The Bertz CT molecular complexity index is 539. The van der Waals surface area contributed by atoms with E-state index in [1.807, 2.05) is 42.5 Å². The van der Waals surface area contributed by atoms with Crippen molar-refractivity contribution in [2.45, 2.75) is 6.10 Å². The fourth-order valence-corrected chi connectivity index (χ4v) is 1.84. The Labute approximate surface area is 105 Å². The van der Waals surface area contributed by atoms with Crippen LogP contribution in [0.25, 0.3) is 0 Å². The van der Waals surface area contributed by atoms with Crippen LogP contribution in [-0.4, -0.2) is 17.6 Å². The number of para-hydroxylation sites is 1. The molecule has 0 fully saturated rings. The number of rotatable bonds is 2. The first-order valence-electron chi connectivity index (χ1n) is 5.85. The van der Waals surface area contributed by atoms with Crippen LogP contribution in [0.4, 0.5) is 5.69 Å². The highest BCUT2D eigenvalue weighted by atomic mass is 16.5. The normalized spacial score (nSPS) is 18.0. The summed E-state index contributed by atoms with van der Waals surface area (Å²) in [5.74, 6) is 0. The van der Waals surface area contributed by atoms with Crippen molar-refractivity contribution in [2.24, 2.45) is 4.99 Å². The molecule has 0 radical (unpaired) electrons.